The fourth-order valence-corrected chi connectivity index (χ4v) is 3.56. The molecular formula is C21H24FN3O. The van der Waals surface area contributed by atoms with Crippen molar-refractivity contribution in [3.63, 3.8) is 0 Å². The first kappa shape index (κ1) is 17.0. The summed E-state index contributed by atoms with van der Waals surface area (Å²) in [7, 11) is 0. The Kier molecular flexibility index (Phi) is 5.16. The molecule has 136 valence electrons. The molecule has 0 radical (unpaired) electrons. The van der Waals surface area contributed by atoms with Gasteiger partial charge in [-0.2, -0.15) is 0 Å². The zero-order valence-electron chi connectivity index (χ0n) is 14.8. The summed E-state index contributed by atoms with van der Waals surface area (Å²) < 4.78 is 19.3. The van der Waals surface area contributed by atoms with Crippen molar-refractivity contribution < 1.29 is 9.13 Å². The van der Waals surface area contributed by atoms with Gasteiger partial charge in [-0.1, -0.05) is 24.3 Å². The van der Waals surface area contributed by atoms with E-state index in [1.807, 2.05) is 18.2 Å². The normalized spacial score (nSPS) is 18.0. The Morgan fingerprint density at radius 1 is 1.08 bits per heavy atom. The summed E-state index contributed by atoms with van der Waals surface area (Å²) in [5.41, 5.74) is 3.33. The molecule has 0 spiro atoms. The Hall–Kier alpha value is -2.40. The Bertz CT molecular complexity index is 784. The van der Waals surface area contributed by atoms with E-state index in [0.717, 1.165) is 50.4 Å². The standard InChI is InChI=1S/C21H24FN3O/c22-18-5-1-4-8-21(18)26-15-16-9-11-25(12-10-16)14-17-13-23-19-6-2-3-7-20(19)24-17/h1-8,16,23H,9-15H2. The number of piperidine rings is 1. The number of nitrogens with zero attached hydrogens (tertiary/aromatic N) is 2. The Morgan fingerprint density at radius 3 is 2.69 bits per heavy atom. The van der Waals surface area contributed by atoms with E-state index in [9.17, 15) is 4.39 Å². The topological polar surface area (TPSA) is 36.9 Å². The van der Waals surface area contributed by atoms with E-state index in [1.165, 1.54) is 11.8 Å². The Labute approximate surface area is 153 Å². The number of benzene rings is 2. The van der Waals surface area contributed by atoms with Crippen molar-refractivity contribution in [2.45, 2.75) is 12.8 Å². The minimum absolute atomic E-state index is 0.284. The number of anilines is 1. The van der Waals surface area contributed by atoms with E-state index >= 15 is 0 Å². The van der Waals surface area contributed by atoms with Gasteiger partial charge in [0.1, 0.15) is 0 Å². The number of likely N-dealkylation sites (tertiary alicyclic amines) is 1. The first-order valence-electron chi connectivity index (χ1n) is 9.27. The van der Waals surface area contributed by atoms with Crippen LogP contribution in [0.3, 0.4) is 0 Å². The fourth-order valence-electron chi connectivity index (χ4n) is 3.56. The van der Waals surface area contributed by atoms with Crippen molar-refractivity contribution in [2.75, 3.05) is 38.1 Å². The molecule has 0 saturated carbocycles. The highest BCUT2D eigenvalue weighted by molar-refractivity contribution is 5.96. The number of nitrogens with one attached hydrogen (secondary N) is 1. The quantitative estimate of drug-likeness (QED) is 0.879. The molecule has 0 amide bonds. The molecule has 0 aromatic heterocycles. The number of fused-ring (bicyclic) bond motifs is 1. The Morgan fingerprint density at radius 2 is 1.85 bits per heavy atom. The summed E-state index contributed by atoms with van der Waals surface area (Å²) in [6.07, 6.45) is 2.15. The van der Waals surface area contributed by atoms with Crippen LogP contribution < -0.4 is 10.1 Å². The van der Waals surface area contributed by atoms with Crippen molar-refractivity contribution in [3.8, 4) is 5.75 Å². The van der Waals surface area contributed by atoms with E-state index < -0.39 is 0 Å². The summed E-state index contributed by atoms with van der Waals surface area (Å²) in [6.45, 7) is 4.37. The van der Waals surface area contributed by atoms with Crippen LogP contribution in [0.1, 0.15) is 12.8 Å². The lowest BCUT2D eigenvalue weighted by atomic mass is 9.97. The number of aliphatic imine (C=N–C) groups is 1. The highest BCUT2D eigenvalue weighted by Gasteiger charge is 2.22. The smallest absolute Gasteiger partial charge is 0.165 e. The van der Waals surface area contributed by atoms with Crippen molar-refractivity contribution in [1.29, 1.82) is 0 Å². The van der Waals surface area contributed by atoms with Crippen molar-refractivity contribution >= 4 is 17.1 Å². The highest BCUT2D eigenvalue weighted by atomic mass is 19.1. The van der Waals surface area contributed by atoms with E-state index in [4.69, 9.17) is 9.73 Å². The van der Waals surface area contributed by atoms with E-state index in [-0.39, 0.29) is 5.82 Å². The fraction of sp³-hybridized carbons (Fsp3) is 0.381. The highest BCUT2D eigenvalue weighted by Crippen LogP contribution is 2.27. The maximum Gasteiger partial charge on any atom is 0.165 e. The third kappa shape index (κ3) is 4.05. The summed E-state index contributed by atoms with van der Waals surface area (Å²) >= 11 is 0. The van der Waals surface area contributed by atoms with Gasteiger partial charge in [-0.25, -0.2) is 4.39 Å². The molecule has 2 aromatic rings. The average Bonchev–Trinajstić information content (AvgIpc) is 2.68. The van der Waals surface area contributed by atoms with E-state index in [1.54, 1.807) is 18.2 Å². The van der Waals surface area contributed by atoms with Crippen LogP contribution in [0.5, 0.6) is 5.75 Å². The molecule has 1 N–H and O–H groups in total. The maximum atomic E-state index is 13.6. The molecule has 4 nitrogen and oxygen atoms in total. The summed E-state index contributed by atoms with van der Waals surface area (Å²) in [5.74, 6) is 0.558. The molecule has 2 aliphatic rings. The lowest BCUT2D eigenvalue weighted by Gasteiger charge is -2.32. The van der Waals surface area contributed by atoms with Crippen LogP contribution >= 0.6 is 0 Å². The second-order valence-electron chi connectivity index (χ2n) is 7.01. The average molecular weight is 353 g/mol. The molecule has 0 unspecified atom stereocenters. The predicted octanol–water partition coefficient (Wildman–Crippen LogP) is 4.11. The molecule has 2 aliphatic heterocycles. The van der Waals surface area contributed by atoms with Gasteiger partial charge < -0.3 is 10.1 Å². The lowest BCUT2D eigenvalue weighted by Crippen LogP contribution is -2.40. The van der Waals surface area contributed by atoms with Gasteiger partial charge in [0.25, 0.3) is 0 Å². The third-order valence-electron chi connectivity index (χ3n) is 5.09. The van der Waals surface area contributed by atoms with Gasteiger partial charge in [0.05, 0.1) is 30.2 Å². The molecule has 26 heavy (non-hydrogen) atoms. The number of hydrogen-bond acceptors (Lipinski definition) is 4. The molecule has 0 atom stereocenters. The van der Waals surface area contributed by atoms with Crippen LogP contribution in [-0.2, 0) is 0 Å². The van der Waals surface area contributed by atoms with Crippen LogP contribution in [0.4, 0.5) is 15.8 Å². The van der Waals surface area contributed by atoms with Gasteiger partial charge in [-0.15, -0.1) is 0 Å². The molecule has 1 saturated heterocycles. The molecule has 4 rings (SSSR count). The number of halogens is 1. The van der Waals surface area contributed by atoms with Gasteiger partial charge in [0, 0.05) is 6.54 Å². The minimum atomic E-state index is -0.284. The van der Waals surface area contributed by atoms with Crippen molar-refractivity contribution in [1.82, 2.24) is 4.90 Å². The van der Waals surface area contributed by atoms with E-state index in [0.29, 0.717) is 18.3 Å². The first-order chi connectivity index (χ1) is 12.8. The molecular weight excluding hydrogens is 329 g/mol. The Balaban J connectivity index is 1.25. The van der Waals surface area contributed by atoms with Crippen LogP contribution in [0.25, 0.3) is 0 Å². The molecule has 2 heterocycles. The number of ether oxygens (including phenoxy) is 1. The molecule has 1 fully saturated rings. The number of hydrogen-bond donors (Lipinski definition) is 1. The summed E-state index contributed by atoms with van der Waals surface area (Å²) in [4.78, 5) is 7.24. The lowest BCUT2D eigenvalue weighted by molar-refractivity contribution is 0.150. The summed E-state index contributed by atoms with van der Waals surface area (Å²) in [6, 6.07) is 14.8. The molecule has 0 aliphatic carbocycles. The van der Waals surface area contributed by atoms with Gasteiger partial charge in [-0.3, -0.25) is 9.89 Å². The number of para-hydroxylation sites is 3. The zero-order chi connectivity index (χ0) is 17.8. The molecule has 0 bridgehead atoms. The second-order valence-corrected chi connectivity index (χ2v) is 7.01. The van der Waals surface area contributed by atoms with Gasteiger partial charge in [0.15, 0.2) is 11.6 Å². The van der Waals surface area contributed by atoms with Crippen LogP contribution in [0.2, 0.25) is 0 Å². The zero-order valence-corrected chi connectivity index (χ0v) is 14.8. The third-order valence-corrected chi connectivity index (χ3v) is 5.09. The maximum absolute atomic E-state index is 13.6. The van der Waals surface area contributed by atoms with Crippen LogP contribution in [0, 0.1) is 11.7 Å². The van der Waals surface area contributed by atoms with Gasteiger partial charge in [0.2, 0.25) is 0 Å². The summed E-state index contributed by atoms with van der Waals surface area (Å²) in [5, 5.41) is 3.44. The van der Waals surface area contributed by atoms with Crippen molar-refractivity contribution in [2.24, 2.45) is 10.9 Å². The minimum Gasteiger partial charge on any atom is -0.490 e. The van der Waals surface area contributed by atoms with Crippen LogP contribution in [0.15, 0.2) is 53.5 Å². The molecule has 5 heteroatoms. The van der Waals surface area contributed by atoms with E-state index in [2.05, 4.69) is 16.3 Å². The first-order valence-corrected chi connectivity index (χ1v) is 9.27. The van der Waals surface area contributed by atoms with Gasteiger partial charge in [-0.05, 0) is 56.1 Å². The predicted molar refractivity (Wildman–Crippen MR) is 103 cm³/mol. The van der Waals surface area contributed by atoms with Gasteiger partial charge >= 0.3 is 0 Å². The van der Waals surface area contributed by atoms with Crippen molar-refractivity contribution in [3.05, 3.63) is 54.3 Å². The molecule has 2 aromatic carbocycles. The van der Waals surface area contributed by atoms with Crippen LogP contribution in [-0.4, -0.2) is 43.4 Å². The largest absolute Gasteiger partial charge is 0.490 e. The second kappa shape index (κ2) is 7.87. The number of rotatable bonds is 5. The monoisotopic (exact) mass is 353 g/mol. The SMILES string of the molecule is Fc1ccccc1OCC1CCN(CC2=Nc3ccccc3NC2)CC1.